The maximum Gasteiger partial charge on any atom is 0.389 e. The highest BCUT2D eigenvalue weighted by Gasteiger charge is 2.33. The predicted octanol–water partition coefficient (Wildman–Crippen LogP) is 5.39. The second-order valence-corrected chi connectivity index (χ2v) is 7.87. The lowest BCUT2D eigenvalue weighted by atomic mass is 9.99. The highest BCUT2D eigenvalue weighted by molar-refractivity contribution is 9.11. The molecule has 0 aliphatic carbocycles. The Hall–Kier alpha value is 0.460. The molecular weight excluding hydrogens is 544 g/mol. The second-order valence-electron chi connectivity index (χ2n) is 5.37. The largest absolute Gasteiger partial charge is 0.506 e. The first-order chi connectivity index (χ1) is 10.7. The molecule has 0 spiro atoms. The van der Waals surface area contributed by atoms with Crippen LogP contribution in [0.5, 0.6) is 5.75 Å². The van der Waals surface area contributed by atoms with E-state index in [1.165, 1.54) is 0 Å². The van der Waals surface area contributed by atoms with Gasteiger partial charge in [-0.05, 0) is 44.3 Å². The van der Waals surface area contributed by atoms with Crippen LogP contribution in [-0.4, -0.2) is 42.4 Å². The van der Waals surface area contributed by atoms with Crippen molar-refractivity contribution in [2.75, 3.05) is 26.2 Å². The Morgan fingerprint density at radius 2 is 1.75 bits per heavy atom. The van der Waals surface area contributed by atoms with Gasteiger partial charge in [0, 0.05) is 48.7 Å². The number of nitrogens with zero attached hydrogens (tertiary/aromatic N) is 1. The summed E-state index contributed by atoms with van der Waals surface area (Å²) in [5.41, 5.74) is 0.650. The van der Waals surface area contributed by atoms with Gasteiger partial charge >= 0.3 is 6.18 Å². The first kappa shape index (κ1) is 22.5. The van der Waals surface area contributed by atoms with E-state index in [2.05, 4.69) is 53.1 Å². The monoisotopic (exact) mass is 558 g/mol. The van der Waals surface area contributed by atoms with Gasteiger partial charge in [-0.2, -0.15) is 13.2 Å². The van der Waals surface area contributed by atoms with Gasteiger partial charge in [0.05, 0.1) is 8.95 Å². The summed E-state index contributed by atoms with van der Waals surface area (Å²) in [6.07, 6.45) is -5.12. The third-order valence-electron chi connectivity index (χ3n) is 3.81. The molecule has 0 aromatic heterocycles. The summed E-state index contributed by atoms with van der Waals surface area (Å²) in [6, 6.07) is 1.24. The number of hydrogen-bond acceptors (Lipinski definition) is 3. The zero-order valence-corrected chi connectivity index (χ0v) is 18.0. The van der Waals surface area contributed by atoms with E-state index in [4.69, 9.17) is 0 Å². The molecule has 1 aliphatic rings. The minimum atomic E-state index is -4.21. The molecule has 24 heavy (non-hydrogen) atoms. The molecule has 1 heterocycles. The molecule has 1 aromatic carbocycles. The third-order valence-corrected chi connectivity index (χ3v) is 5.87. The molecule has 1 aliphatic heterocycles. The number of aromatic hydroxyl groups is 1. The van der Waals surface area contributed by atoms with Gasteiger partial charge in [-0.3, -0.25) is 4.90 Å². The van der Waals surface area contributed by atoms with Gasteiger partial charge in [-0.1, -0.05) is 15.9 Å². The average molecular weight is 561 g/mol. The summed E-state index contributed by atoms with van der Waals surface area (Å²) >= 11 is 9.99. The predicted molar refractivity (Wildman–Crippen MR) is 101 cm³/mol. The van der Waals surface area contributed by atoms with Crippen molar-refractivity contribution < 1.29 is 18.3 Å². The van der Waals surface area contributed by atoms with Gasteiger partial charge in [0.1, 0.15) is 5.75 Å². The van der Waals surface area contributed by atoms with Crippen LogP contribution < -0.4 is 5.32 Å². The normalized spacial score (nSPS) is 17.4. The van der Waals surface area contributed by atoms with Crippen molar-refractivity contribution in [2.45, 2.75) is 25.1 Å². The Morgan fingerprint density at radius 1 is 1.17 bits per heavy atom. The Balaban J connectivity index is 0.00000288. The van der Waals surface area contributed by atoms with Crippen molar-refractivity contribution in [3.63, 3.8) is 0 Å². The highest BCUT2D eigenvalue weighted by Crippen LogP contribution is 2.45. The smallest absolute Gasteiger partial charge is 0.389 e. The number of halogens is 7. The lowest BCUT2D eigenvalue weighted by Gasteiger charge is -2.36. The molecule has 0 radical (unpaired) electrons. The van der Waals surface area contributed by atoms with E-state index >= 15 is 0 Å². The fourth-order valence-corrected chi connectivity index (χ4v) is 5.35. The van der Waals surface area contributed by atoms with Crippen LogP contribution in [-0.2, 0) is 0 Å². The summed E-state index contributed by atoms with van der Waals surface area (Å²) in [7, 11) is 0. The number of piperazine rings is 1. The molecule has 1 aromatic rings. The maximum absolute atomic E-state index is 12.7. The summed E-state index contributed by atoms with van der Waals surface area (Å²) in [6.45, 7) is 2.80. The van der Waals surface area contributed by atoms with Crippen LogP contribution in [0.15, 0.2) is 19.5 Å². The number of benzene rings is 1. The fraction of sp³-hybridized carbons (Fsp3) is 0.571. The number of phenolic OH excluding ortho intramolecular Hbond substituents is 1. The van der Waals surface area contributed by atoms with Crippen molar-refractivity contribution in [2.24, 2.45) is 0 Å². The Morgan fingerprint density at radius 3 is 2.29 bits per heavy atom. The number of rotatable bonds is 4. The van der Waals surface area contributed by atoms with Crippen LogP contribution in [0.4, 0.5) is 13.2 Å². The van der Waals surface area contributed by atoms with Crippen LogP contribution in [0.1, 0.15) is 24.4 Å². The summed E-state index contributed by atoms with van der Waals surface area (Å²) in [5, 5.41) is 13.3. The van der Waals surface area contributed by atoms with Crippen LogP contribution in [0.3, 0.4) is 0 Å². The van der Waals surface area contributed by atoms with Gasteiger partial charge < -0.3 is 10.4 Å². The van der Waals surface area contributed by atoms with E-state index in [0.29, 0.717) is 32.1 Å². The van der Waals surface area contributed by atoms with Gasteiger partial charge in [0.15, 0.2) is 0 Å². The molecule has 0 unspecified atom stereocenters. The fourth-order valence-electron chi connectivity index (χ4n) is 2.70. The highest BCUT2D eigenvalue weighted by atomic mass is 79.9. The molecule has 1 fully saturated rings. The first-order valence-electron chi connectivity index (χ1n) is 7.08. The Labute approximate surface area is 170 Å². The summed E-state index contributed by atoms with van der Waals surface area (Å²) in [5.74, 6) is -0.00431. The van der Waals surface area contributed by atoms with Crippen LogP contribution in [0, 0.1) is 0 Å². The van der Waals surface area contributed by atoms with Crippen molar-refractivity contribution in [1.82, 2.24) is 10.2 Å². The third kappa shape index (κ3) is 5.74. The van der Waals surface area contributed by atoms with Crippen molar-refractivity contribution in [3.05, 3.63) is 25.0 Å². The molecule has 1 atom stereocenters. The van der Waals surface area contributed by atoms with Crippen LogP contribution in [0.2, 0.25) is 0 Å². The van der Waals surface area contributed by atoms with Gasteiger partial charge in [-0.15, -0.1) is 12.4 Å². The van der Waals surface area contributed by atoms with Crippen molar-refractivity contribution in [1.29, 1.82) is 0 Å². The number of nitrogens with one attached hydrogen (secondary N) is 1. The number of phenols is 1. The van der Waals surface area contributed by atoms with E-state index in [1.54, 1.807) is 6.07 Å². The zero-order chi connectivity index (χ0) is 17.2. The second kappa shape index (κ2) is 9.41. The van der Waals surface area contributed by atoms with E-state index in [0.717, 1.165) is 13.1 Å². The van der Waals surface area contributed by atoms with Crippen molar-refractivity contribution >= 4 is 60.2 Å². The minimum absolute atomic E-state index is 0. The van der Waals surface area contributed by atoms with E-state index in [9.17, 15) is 18.3 Å². The molecule has 0 saturated carbocycles. The molecule has 2 rings (SSSR count). The molecule has 2 N–H and O–H groups in total. The van der Waals surface area contributed by atoms with Gasteiger partial charge in [-0.25, -0.2) is 0 Å². The molecule has 10 heteroatoms. The average Bonchev–Trinajstić information content (AvgIpc) is 2.48. The van der Waals surface area contributed by atoms with E-state index in [-0.39, 0.29) is 24.6 Å². The van der Waals surface area contributed by atoms with Gasteiger partial charge in [0.2, 0.25) is 0 Å². The molecule has 3 nitrogen and oxygen atoms in total. The molecule has 0 amide bonds. The zero-order valence-electron chi connectivity index (χ0n) is 12.5. The molecule has 138 valence electrons. The number of alkyl halides is 3. The molecule has 1 saturated heterocycles. The number of hydrogen-bond donors (Lipinski definition) is 2. The van der Waals surface area contributed by atoms with E-state index in [1.807, 2.05) is 4.90 Å². The quantitative estimate of drug-likeness (QED) is 0.518. The maximum atomic E-state index is 12.7. The lowest BCUT2D eigenvalue weighted by molar-refractivity contribution is -0.138. The lowest BCUT2D eigenvalue weighted by Crippen LogP contribution is -2.45. The first-order valence-corrected chi connectivity index (χ1v) is 9.46. The van der Waals surface area contributed by atoms with Crippen LogP contribution in [0.25, 0.3) is 0 Å². The molecule has 0 bridgehead atoms. The minimum Gasteiger partial charge on any atom is -0.506 e. The van der Waals surface area contributed by atoms with Gasteiger partial charge in [0.25, 0.3) is 0 Å². The SMILES string of the molecule is Cl.Oc1c(Br)cc(Br)c([C@@H](CCC(F)(F)F)N2CCNCC2)c1Br. The molecular formula is C14H17Br3ClF3N2O. The van der Waals surface area contributed by atoms with E-state index < -0.39 is 18.6 Å². The summed E-state index contributed by atoms with van der Waals surface area (Å²) in [4.78, 5) is 2.03. The topological polar surface area (TPSA) is 35.5 Å². The Kier molecular flexibility index (Phi) is 8.82. The van der Waals surface area contributed by atoms with Crippen molar-refractivity contribution in [3.8, 4) is 5.75 Å². The summed E-state index contributed by atoms with van der Waals surface area (Å²) < 4.78 is 39.8. The standard InChI is InChI=1S/C14H16Br3F3N2O.ClH/c15-8-7-9(16)13(23)12(17)11(8)10(1-2-14(18,19)20)22-5-3-21-4-6-22;/h7,10,21,23H,1-6H2;1H/t10-;/m1./s1. The Bertz CT molecular complexity index is 569. The van der Waals surface area contributed by atoms with Crippen LogP contribution >= 0.6 is 60.2 Å².